The van der Waals surface area contributed by atoms with Crippen molar-refractivity contribution in [2.75, 3.05) is 0 Å². The Morgan fingerprint density at radius 3 is 2.67 bits per heavy atom. The Balaban J connectivity index is 1.96. The van der Waals surface area contributed by atoms with Gasteiger partial charge in [0.2, 0.25) is 0 Å². The lowest BCUT2D eigenvalue weighted by Gasteiger charge is -2.10. The molecule has 0 saturated heterocycles. The van der Waals surface area contributed by atoms with Crippen molar-refractivity contribution < 1.29 is 0 Å². The third-order valence-electron chi connectivity index (χ3n) is 3.12. The van der Waals surface area contributed by atoms with Crippen molar-refractivity contribution in [3.05, 3.63) is 34.9 Å². The quantitative estimate of drug-likeness (QED) is 0.549. The molecular formula is C12H14. The van der Waals surface area contributed by atoms with Crippen LogP contribution in [0.25, 0.3) is 0 Å². The highest BCUT2D eigenvalue weighted by molar-refractivity contribution is 5.56. The van der Waals surface area contributed by atoms with Gasteiger partial charge in [0.1, 0.15) is 0 Å². The molecule has 0 heteroatoms. The van der Waals surface area contributed by atoms with Crippen molar-refractivity contribution >= 4 is 0 Å². The zero-order valence-corrected chi connectivity index (χ0v) is 7.34. The molecular weight excluding hydrogens is 144 g/mol. The fourth-order valence-corrected chi connectivity index (χ4v) is 2.33. The van der Waals surface area contributed by atoms with Gasteiger partial charge < -0.3 is 0 Å². The van der Waals surface area contributed by atoms with E-state index >= 15 is 0 Å². The first-order valence-corrected chi connectivity index (χ1v) is 5.05. The normalized spacial score (nSPS) is 27.5. The van der Waals surface area contributed by atoms with Gasteiger partial charge in [0, 0.05) is 0 Å². The van der Waals surface area contributed by atoms with Gasteiger partial charge in [-0.05, 0) is 54.7 Å². The van der Waals surface area contributed by atoms with Gasteiger partial charge in [-0.2, -0.15) is 0 Å². The number of hydrogen-bond acceptors (Lipinski definition) is 0. The largest absolute Gasteiger partial charge is 0.0801 e. The van der Waals surface area contributed by atoms with E-state index in [0.717, 1.165) is 5.92 Å². The third-order valence-corrected chi connectivity index (χ3v) is 3.12. The van der Waals surface area contributed by atoms with Gasteiger partial charge in [0.05, 0.1) is 0 Å². The van der Waals surface area contributed by atoms with Crippen LogP contribution in [0.2, 0.25) is 0 Å². The molecule has 0 aliphatic heterocycles. The molecule has 0 aromatic rings. The van der Waals surface area contributed by atoms with Crippen LogP contribution in [0.4, 0.5) is 0 Å². The molecule has 0 spiro atoms. The lowest BCUT2D eigenvalue weighted by molar-refractivity contribution is 0.969. The second-order valence-corrected chi connectivity index (χ2v) is 4.06. The molecule has 1 saturated carbocycles. The molecule has 3 rings (SSSR count). The smallest absolute Gasteiger partial charge is 0.00885 e. The Labute approximate surface area is 73.7 Å². The third kappa shape index (κ3) is 0.906. The van der Waals surface area contributed by atoms with Crippen LogP contribution in [0.3, 0.4) is 0 Å². The van der Waals surface area contributed by atoms with Gasteiger partial charge in [-0.1, -0.05) is 18.2 Å². The maximum Gasteiger partial charge on any atom is -0.00885 e. The summed E-state index contributed by atoms with van der Waals surface area (Å²) < 4.78 is 0. The molecule has 3 aliphatic carbocycles. The summed E-state index contributed by atoms with van der Waals surface area (Å²) in [5, 5.41) is 0. The molecule has 0 bridgehead atoms. The van der Waals surface area contributed by atoms with Gasteiger partial charge in [-0.3, -0.25) is 0 Å². The van der Waals surface area contributed by atoms with Crippen molar-refractivity contribution in [3.8, 4) is 0 Å². The summed E-state index contributed by atoms with van der Waals surface area (Å²) in [5.41, 5.74) is 4.91. The average molecular weight is 158 g/mol. The van der Waals surface area contributed by atoms with Crippen molar-refractivity contribution in [1.29, 1.82) is 0 Å². The van der Waals surface area contributed by atoms with Gasteiger partial charge in [-0.15, -0.1) is 0 Å². The zero-order valence-electron chi connectivity index (χ0n) is 7.34. The molecule has 0 atom stereocenters. The summed E-state index contributed by atoms with van der Waals surface area (Å²) in [4.78, 5) is 0. The molecule has 0 amide bonds. The topological polar surface area (TPSA) is 0 Å². The van der Waals surface area contributed by atoms with Gasteiger partial charge >= 0.3 is 0 Å². The summed E-state index contributed by atoms with van der Waals surface area (Å²) in [7, 11) is 0. The molecule has 0 nitrogen and oxygen atoms in total. The highest BCUT2D eigenvalue weighted by Gasteiger charge is 2.31. The predicted octanol–water partition coefficient (Wildman–Crippen LogP) is 3.37. The van der Waals surface area contributed by atoms with Crippen molar-refractivity contribution in [3.63, 3.8) is 0 Å². The van der Waals surface area contributed by atoms with Crippen LogP contribution in [-0.4, -0.2) is 0 Å². The van der Waals surface area contributed by atoms with Crippen LogP contribution in [0.1, 0.15) is 32.1 Å². The molecule has 62 valence electrons. The van der Waals surface area contributed by atoms with Gasteiger partial charge in [0.15, 0.2) is 0 Å². The Bertz CT molecular complexity index is 298. The minimum atomic E-state index is 0.945. The van der Waals surface area contributed by atoms with E-state index in [-0.39, 0.29) is 0 Å². The van der Waals surface area contributed by atoms with Crippen LogP contribution in [0, 0.1) is 5.92 Å². The molecule has 0 N–H and O–H groups in total. The Kier molecular flexibility index (Phi) is 1.31. The minimum Gasteiger partial charge on any atom is -0.0801 e. The Morgan fingerprint density at radius 1 is 1.00 bits per heavy atom. The highest BCUT2D eigenvalue weighted by Crippen LogP contribution is 2.47. The monoisotopic (exact) mass is 158 g/mol. The predicted molar refractivity (Wildman–Crippen MR) is 50.8 cm³/mol. The number of allylic oxidation sites excluding steroid dienone is 6. The number of rotatable bonds is 1. The van der Waals surface area contributed by atoms with Crippen LogP contribution >= 0.6 is 0 Å². The van der Waals surface area contributed by atoms with E-state index in [1.54, 1.807) is 16.7 Å². The molecule has 1 fully saturated rings. The second-order valence-electron chi connectivity index (χ2n) is 4.06. The molecule has 0 unspecified atom stereocenters. The lowest BCUT2D eigenvalue weighted by atomic mass is 9.95. The van der Waals surface area contributed by atoms with E-state index in [1.807, 2.05) is 0 Å². The molecule has 12 heavy (non-hydrogen) atoms. The summed E-state index contributed by atoms with van der Waals surface area (Å²) in [5.74, 6) is 0.945. The fraction of sp³-hybridized carbons (Fsp3) is 0.500. The molecule has 3 aliphatic rings. The van der Waals surface area contributed by atoms with Gasteiger partial charge in [-0.25, -0.2) is 0 Å². The van der Waals surface area contributed by atoms with Gasteiger partial charge in [0.25, 0.3) is 0 Å². The molecule has 0 radical (unpaired) electrons. The fourth-order valence-electron chi connectivity index (χ4n) is 2.33. The number of fused-ring (bicyclic) bond motifs is 1. The Morgan fingerprint density at radius 2 is 1.83 bits per heavy atom. The second kappa shape index (κ2) is 2.35. The van der Waals surface area contributed by atoms with E-state index in [9.17, 15) is 0 Å². The Hall–Kier alpha value is -0.780. The van der Waals surface area contributed by atoms with Crippen molar-refractivity contribution in [2.45, 2.75) is 32.1 Å². The zero-order chi connectivity index (χ0) is 7.97. The summed E-state index contributed by atoms with van der Waals surface area (Å²) in [6.07, 6.45) is 14.0. The van der Waals surface area contributed by atoms with Crippen LogP contribution < -0.4 is 0 Å². The molecule has 0 aromatic carbocycles. The first-order valence-electron chi connectivity index (χ1n) is 5.05. The van der Waals surface area contributed by atoms with E-state index in [0.29, 0.717) is 0 Å². The van der Waals surface area contributed by atoms with Crippen molar-refractivity contribution in [2.24, 2.45) is 5.92 Å². The van der Waals surface area contributed by atoms with E-state index in [1.165, 1.54) is 32.1 Å². The molecule has 0 heterocycles. The maximum atomic E-state index is 2.46. The SMILES string of the molecule is C1=C2CC=C(C3CC3)C2=CCC1. The standard InChI is InChI=1S/C12H14/c1-2-4-11-9(3-1)7-8-12(11)10-5-6-10/h3-4,8,10H,1-2,5-7H2. The molecule has 0 aromatic heterocycles. The minimum absolute atomic E-state index is 0.945. The first-order chi connectivity index (χ1) is 5.95. The van der Waals surface area contributed by atoms with E-state index in [4.69, 9.17) is 0 Å². The van der Waals surface area contributed by atoms with E-state index in [2.05, 4.69) is 18.2 Å². The summed E-state index contributed by atoms with van der Waals surface area (Å²) >= 11 is 0. The number of hydrogen-bond donors (Lipinski definition) is 0. The highest BCUT2D eigenvalue weighted by atomic mass is 14.4. The summed E-state index contributed by atoms with van der Waals surface area (Å²) in [6.45, 7) is 0. The van der Waals surface area contributed by atoms with Crippen LogP contribution in [0.5, 0.6) is 0 Å². The summed E-state index contributed by atoms with van der Waals surface area (Å²) in [6, 6.07) is 0. The van der Waals surface area contributed by atoms with Crippen LogP contribution in [0.15, 0.2) is 34.9 Å². The first kappa shape index (κ1) is 6.71. The van der Waals surface area contributed by atoms with E-state index < -0.39 is 0 Å². The lowest BCUT2D eigenvalue weighted by Crippen LogP contribution is -1.92. The average Bonchev–Trinajstić information content (AvgIpc) is 2.86. The van der Waals surface area contributed by atoms with Crippen molar-refractivity contribution in [1.82, 2.24) is 0 Å². The van der Waals surface area contributed by atoms with Crippen LogP contribution in [-0.2, 0) is 0 Å². The maximum absolute atomic E-state index is 2.46.